The first-order valence-electron chi connectivity index (χ1n) is 12.7. The second kappa shape index (κ2) is 11.5. The van der Waals surface area contributed by atoms with Gasteiger partial charge in [-0.3, -0.25) is 4.90 Å². The van der Waals surface area contributed by atoms with Gasteiger partial charge >= 0.3 is 0 Å². The van der Waals surface area contributed by atoms with Crippen molar-refractivity contribution in [3.63, 3.8) is 0 Å². The molecule has 0 spiro atoms. The van der Waals surface area contributed by atoms with Crippen molar-refractivity contribution >= 4 is 0 Å². The van der Waals surface area contributed by atoms with Crippen molar-refractivity contribution in [2.24, 2.45) is 5.92 Å². The zero-order valence-corrected chi connectivity index (χ0v) is 20.0. The van der Waals surface area contributed by atoms with E-state index in [2.05, 4.69) is 69.4 Å². The van der Waals surface area contributed by atoms with Gasteiger partial charge in [-0.05, 0) is 63.5 Å². The minimum absolute atomic E-state index is 0.230. The van der Waals surface area contributed by atoms with Crippen LogP contribution in [0.5, 0.6) is 0 Å². The summed E-state index contributed by atoms with van der Waals surface area (Å²) in [6.45, 7) is 9.69. The molecule has 0 saturated carbocycles. The molecule has 3 aliphatic rings. The molecule has 3 aliphatic heterocycles. The van der Waals surface area contributed by atoms with Gasteiger partial charge in [0.25, 0.3) is 0 Å². The van der Waals surface area contributed by atoms with Crippen LogP contribution in [0.2, 0.25) is 0 Å². The summed E-state index contributed by atoms with van der Waals surface area (Å²) in [6, 6.07) is 16.0. The van der Waals surface area contributed by atoms with E-state index in [-0.39, 0.29) is 5.57 Å². The lowest BCUT2D eigenvalue weighted by molar-refractivity contribution is 0.147. The number of likely N-dealkylation sites (tertiary alicyclic amines) is 3. The summed E-state index contributed by atoms with van der Waals surface area (Å²) in [6.07, 6.45) is 6.98. The third-order valence-electron chi connectivity index (χ3n) is 7.75. The third-order valence-corrected chi connectivity index (χ3v) is 7.75. The fourth-order valence-electron chi connectivity index (χ4n) is 5.66. The first-order valence-corrected chi connectivity index (χ1v) is 12.7. The van der Waals surface area contributed by atoms with Gasteiger partial charge in [-0.1, -0.05) is 30.3 Å². The Morgan fingerprint density at radius 2 is 1.64 bits per heavy atom. The maximum atomic E-state index is 9.62. The number of nitriles is 2. The minimum Gasteiger partial charge on any atom is -0.367 e. The molecule has 33 heavy (non-hydrogen) atoms. The van der Waals surface area contributed by atoms with Crippen molar-refractivity contribution in [1.82, 2.24) is 20.0 Å². The summed E-state index contributed by atoms with van der Waals surface area (Å²) in [7, 11) is 0. The van der Waals surface area contributed by atoms with Crippen LogP contribution in [0.3, 0.4) is 0 Å². The molecule has 0 radical (unpaired) electrons. The molecule has 1 N–H and O–H groups in total. The van der Waals surface area contributed by atoms with E-state index in [0.717, 1.165) is 76.2 Å². The van der Waals surface area contributed by atoms with Crippen LogP contribution in [0.25, 0.3) is 0 Å². The van der Waals surface area contributed by atoms with Gasteiger partial charge in [0.2, 0.25) is 0 Å². The molecule has 1 aromatic carbocycles. The molecule has 3 fully saturated rings. The van der Waals surface area contributed by atoms with Crippen LogP contribution in [0.15, 0.2) is 41.7 Å². The van der Waals surface area contributed by atoms with E-state index in [4.69, 9.17) is 0 Å². The number of piperidine rings is 2. The molecule has 0 amide bonds. The summed E-state index contributed by atoms with van der Waals surface area (Å²) in [5.41, 5.74) is 1.58. The normalized spacial score (nSPS) is 23.1. The minimum atomic E-state index is 0.230. The third kappa shape index (κ3) is 6.28. The van der Waals surface area contributed by atoms with E-state index in [1.54, 1.807) is 0 Å². The monoisotopic (exact) mass is 446 g/mol. The Balaban J connectivity index is 1.30. The lowest BCUT2D eigenvalue weighted by atomic mass is 9.95. The molecule has 3 saturated heterocycles. The highest BCUT2D eigenvalue weighted by Crippen LogP contribution is 2.26. The van der Waals surface area contributed by atoms with Gasteiger partial charge in [-0.2, -0.15) is 10.5 Å². The summed E-state index contributed by atoms with van der Waals surface area (Å²) >= 11 is 0. The molecule has 0 aliphatic carbocycles. The van der Waals surface area contributed by atoms with Crippen LogP contribution >= 0.6 is 0 Å². The largest absolute Gasteiger partial charge is 0.367 e. The molecule has 3 heterocycles. The molecule has 6 nitrogen and oxygen atoms in total. The zero-order valence-electron chi connectivity index (χ0n) is 20.0. The summed E-state index contributed by atoms with van der Waals surface area (Å²) in [5.74, 6) is 1.49. The molecule has 176 valence electrons. The number of allylic oxidation sites excluding steroid dienone is 1. The van der Waals surface area contributed by atoms with Crippen LogP contribution in [-0.2, 0) is 6.54 Å². The Bertz CT molecular complexity index is 850. The zero-order chi connectivity index (χ0) is 23.0. The SMILES string of the molecule is CC1CCCN1CC1CCN(C(NC2CCN(Cc3ccccc3)CC2)=C(C#N)C#N)CC1. The van der Waals surface area contributed by atoms with Crippen LogP contribution in [-0.4, -0.2) is 66.1 Å². The average Bonchev–Trinajstić information content (AvgIpc) is 3.25. The van der Waals surface area contributed by atoms with E-state index < -0.39 is 0 Å². The van der Waals surface area contributed by atoms with Crippen LogP contribution in [0, 0.1) is 28.6 Å². The van der Waals surface area contributed by atoms with Crippen LogP contribution in [0.1, 0.15) is 51.0 Å². The molecule has 6 heteroatoms. The van der Waals surface area contributed by atoms with Crippen molar-refractivity contribution in [2.45, 2.75) is 64.1 Å². The Hall–Kier alpha value is -2.54. The summed E-state index contributed by atoms with van der Waals surface area (Å²) < 4.78 is 0. The molecule has 0 bridgehead atoms. The molecule has 1 unspecified atom stereocenters. The maximum Gasteiger partial charge on any atom is 0.169 e. The highest BCUT2D eigenvalue weighted by molar-refractivity contribution is 5.39. The number of nitrogens with zero attached hydrogens (tertiary/aromatic N) is 5. The highest BCUT2D eigenvalue weighted by Gasteiger charge is 2.29. The van der Waals surface area contributed by atoms with Gasteiger partial charge in [-0.15, -0.1) is 0 Å². The smallest absolute Gasteiger partial charge is 0.169 e. The lowest BCUT2D eigenvalue weighted by Gasteiger charge is -2.40. The van der Waals surface area contributed by atoms with Crippen molar-refractivity contribution in [3.8, 4) is 12.1 Å². The van der Waals surface area contributed by atoms with Gasteiger partial charge < -0.3 is 15.1 Å². The van der Waals surface area contributed by atoms with Gasteiger partial charge in [-0.25, -0.2) is 0 Å². The average molecular weight is 447 g/mol. The van der Waals surface area contributed by atoms with E-state index in [1.165, 1.54) is 31.5 Å². The molecule has 1 atom stereocenters. The molecular formula is C27H38N6. The first kappa shape index (κ1) is 23.6. The van der Waals surface area contributed by atoms with E-state index in [0.29, 0.717) is 6.04 Å². The van der Waals surface area contributed by atoms with Gasteiger partial charge in [0, 0.05) is 51.4 Å². The van der Waals surface area contributed by atoms with Crippen molar-refractivity contribution in [1.29, 1.82) is 10.5 Å². The Morgan fingerprint density at radius 1 is 0.939 bits per heavy atom. The standard InChI is InChI=1S/C27H38N6/c1-22-6-5-13-33(22)21-24-9-16-32(17-10-24)27(25(18-28)19-29)30-26-11-14-31(15-12-26)20-23-7-3-2-4-8-23/h2-4,7-8,22,24,26,30H,5-6,9-17,20-21H2,1H3. The predicted molar refractivity (Wildman–Crippen MR) is 131 cm³/mol. The second-order valence-corrected chi connectivity index (χ2v) is 10.0. The molecule has 4 rings (SSSR count). The summed E-state index contributed by atoms with van der Waals surface area (Å²) in [5, 5.41) is 22.9. The van der Waals surface area contributed by atoms with Crippen LogP contribution < -0.4 is 5.32 Å². The number of hydrogen-bond donors (Lipinski definition) is 1. The molecular weight excluding hydrogens is 408 g/mol. The van der Waals surface area contributed by atoms with Gasteiger partial charge in [0.1, 0.15) is 18.0 Å². The molecule has 1 aromatic rings. The highest BCUT2D eigenvalue weighted by atomic mass is 15.3. The topological polar surface area (TPSA) is 69.3 Å². The maximum absolute atomic E-state index is 9.62. The van der Waals surface area contributed by atoms with Crippen LogP contribution in [0.4, 0.5) is 0 Å². The number of nitrogens with one attached hydrogen (secondary N) is 1. The Kier molecular flexibility index (Phi) is 8.26. The number of benzene rings is 1. The predicted octanol–water partition coefficient (Wildman–Crippen LogP) is 3.70. The Morgan fingerprint density at radius 3 is 2.24 bits per heavy atom. The van der Waals surface area contributed by atoms with Crippen molar-refractivity contribution in [3.05, 3.63) is 47.3 Å². The quantitative estimate of drug-likeness (QED) is 0.644. The fourth-order valence-corrected chi connectivity index (χ4v) is 5.66. The van der Waals surface area contributed by atoms with Gasteiger partial charge in [0.05, 0.1) is 0 Å². The Labute approximate surface area is 199 Å². The van der Waals surface area contributed by atoms with E-state index in [1.807, 2.05) is 0 Å². The second-order valence-electron chi connectivity index (χ2n) is 10.0. The van der Waals surface area contributed by atoms with E-state index in [9.17, 15) is 10.5 Å². The van der Waals surface area contributed by atoms with Crippen molar-refractivity contribution in [2.75, 3.05) is 39.3 Å². The lowest BCUT2D eigenvalue weighted by Crippen LogP contribution is -2.47. The van der Waals surface area contributed by atoms with Gasteiger partial charge in [0.15, 0.2) is 5.57 Å². The molecule has 0 aromatic heterocycles. The summed E-state index contributed by atoms with van der Waals surface area (Å²) in [4.78, 5) is 7.41. The number of hydrogen-bond acceptors (Lipinski definition) is 6. The number of rotatable bonds is 7. The van der Waals surface area contributed by atoms with Crippen molar-refractivity contribution < 1.29 is 0 Å². The fraction of sp³-hybridized carbons (Fsp3) is 0.630. The van der Waals surface area contributed by atoms with E-state index >= 15 is 0 Å². The first-order chi connectivity index (χ1) is 16.2.